The summed E-state index contributed by atoms with van der Waals surface area (Å²) in [4.78, 5) is 31.4. The van der Waals surface area contributed by atoms with E-state index in [1.54, 1.807) is 0 Å². The molecule has 0 aromatic carbocycles. The fourth-order valence-electron chi connectivity index (χ4n) is 0.434. The molecule has 0 saturated heterocycles. The lowest BCUT2D eigenvalue weighted by atomic mass is 10.4. The first-order chi connectivity index (χ1) is 6.47. The van der Waals surface area contributed by atoms with Crippen molar-refractivity contribution in [2.24, 2.45) is 0 Å². The third-order valence-corrected chi connectivity index (χ3v) is 1.42. The molecule has 0 aromatic heterocycles. The van der Waals surface area contributed by atoms with Gasteiger partial charge in [0.15, 0.2) is 6.10 Å². The highest BCUT2D eigenvalue weighted by molar-refractivity contribution is 7.46. The van der Waals surface area contributed by atoms with Crippen LogP contribution >= 0.6 is 8.46 Å². The molecule has 0 aliphatic carbocycles. The Morgan fingerprint density at radius 3 is 2.36 bits per heavy atom. The van der Waals surface area contributed by atoms with E-state index in [4.69, 9.17) is 5.11 Å². The number of ether oxygens (including phenoxy) is 1. The van der Waals surface area contributed by atoms with Gasteiger partial charge in [0.05, 0.1) is 0 Å². The summed E-state index contributed by atoms with van der Waals surface area (Å²) < 4.78 is 14.2. The van der Waals surface area contributed by atoms with Crippen LogP contribution < -0.4 is 0 Å². The summed E-state index contributed by atoms with van der Waals surface area (Å²) in [5.41, 5.74) is -0.801. The van der Waals surface area contributed by atoms with Gasteiger partial charge in [-0.1, -0.05) is 0 Å². The van der Waals surface area contributed by atoms with Crippen LogP contribution in [0.2, 0.25) is 0 Å². The quantitative estimate of drug-likeness (QED) is 0.407. The number of aliphatic carboxylic acids is 1. The molecule has 0 unspecified atom stereocenters. The van der Waals surface area contributed by atoms with Crippen LogP contribution in [0.15, 0.2) is 12.2 Å². The van der Waals surface area contributed by atoms with Crippen molar-refractivity contribution in [2.45, 2.75) is 13.0 Å². The number of rotatable bonds is 5. The first-order valence-corrected chi connectivity index (χ1v) is 4.27. The van der Waals surface area contributed by atoms with Crippen LogP contribution in [0, 0.1) is 0 Å². The molecule has 0 rings (SSSR count). The highest BCUT2D eigenvalue weighted by Gasteiger charge is 2.14. The minimum Gasteiger partial charge on any atom is -0.479 e. The highest BCUT2D eigenvalue weighted by atomic mass is 31.1. The number of carboxylic acids is 1. The van der Waals surface area contributed by atoms with Gasteiger partial charge < -0.3 is 9.84 Å². The summed E-state index contributed by atoms with van der Waals surface area (Å²) in [7, 11) is -0.743. The van der Waals surface area contributed by atoms with Crippen molar-refractivity contribution in [1.29, 1.82) is 0 Å². The van der Waals surface area contributed by atoms with Crippen molar-refractivity contribution < 1.29 is 28.8 Å². The van der Waals surface area contributed by atoms with Gasteiger partial charge in [-0.05, 0) is 6.92 Å². The maximum Gasteiger partial charge on any atom is 0.344 e. The second-order valence-corrected chi connectivity index (χ2v) is 2.80. The smallest absolute Gasteiger partial charge is 0.344 e. The number of hydrogen-bond acceptors (Lipinski definition) is 5. The minimum absolute atomic E-state index is 0.715. The van der Waals surface area contributed by atoms with Crippen LogP contribution in [0.4, 0.5) is 0 Å². The van der Waals surface area contributed by atoms with Crippen molar-refractivity contribution in [2.75, 3.05) is 0 Å². The number of carbonyl (C=O) groups excluding carboxylic acids is 2. The van der Waals surface area contributed by atoms with Crippen LogP contribution in [0.5, 0.6) is 0 Å². The van der Waals surface area contributed by atoms with E-state index in [1.165, 1.54) is 6.92 Å². The van der Waals surface area contributed by atoms with Crippen molar-refractivity contribution in [3.05, 3.63) is 12.2 Å². The maximum absolute atomic E-state index is 10.7. The molecule has 0 spiro atoms. The largest absolute Gasteiger partial charge is 0.479 e. The number of allylic oxidation sites excluding steroid dienone is 1. The molecular weight excluding hydrogens is 211 g/mol. The molecule has 0 bridgehead atoms. The Bertz CT molecular complexity index is 295. The van der Waals surface area contributed by atoms with Crippen molar-refractivity contribution in [1.82, 2.24) is 0 Å². The van der Waals surface area contributed by atoms with Gasteiger partial charge in [-0.2, -0.15) is 0 Å². The second kappa shape index (κ2) is 5.99. The Kier molecular flexibility index (Phi) is 5.33. The van der Waals surface area contributed by atoms with Gasteiger partial charge in [0.2, 0.25) is 14.0 Å². The van der Waals surface area contributed by atoms with E-state index in [9.17, 15) is 18.9 Å². The molecule has 0 aromatic rings. The van der Waals surface area contributed by atoms with Crippen LogP contribution in [-0.2, 0) is 23.7 Å². The van der Waals surface area contributed by atoms with Crippen LogP contribution in [0.3, 0.4) is 0 Å². The van der Waals surface area contributed by atoms with Gasteiger partial charge in [0.1, 0.15) is 0 Å². The SMILES string of the molecule is C[C@H](OC(=O)/C=C/C(=O)P=O)C(=O)O. The van der Waals surface area contributed by atoms with Crippen molar-refractivity contribution in [3.63, 3.8) is 0 Å². The summed E-state index contributed by atoms with van der Waals surface area (Å²) in [5.74, 6) is -2.27. The summed E-state index contributed by atoms with van der Waals surface area (Å²) >= 11 is 0. The lowest BCUT2D eigenvalue weighted by Crippen LogP contribution is -2.22. The van der Waals surface area contributed by atoms with Crippen molar-refractivity contribution in [3.8, 4) is 0 Å². The van der Waals surface area contributed by atoms with Crippen LogP contribution in [0.1, 0.15) is 6.92 Å². The number of carboxylic acid groups (broad SMARTS) is 1. The van der Waals surface area contributed by atoms with E-state index in [0.29, 0.717) is 6.08 Å². The predicted octanol–water partition coefficient (Wildman–Crippen LogP) is 0.377. The zero-order valence-electron chi connectivity index (χ0n) is 7.17. The molecule has 0 aliphatic rings. The predicted molar refractivity (Wildman–Crippen MR) is 44.9 cm³/mol. The average Bonchev–Trinajstić information content (AvgIpc) is 2.13. The lowest BCUT2D eigenvalue weighted by Gasteiger charge is -2.04. The molecular formula is C7H7O6P. The Hall–Kier alpha value is -1.55. The molecule has 76 valence electrons. The molecule has 14 heavy (non-hydrogen) atoms. The van der Waals surface area contributed by atoms with E-state index in [0.717, 1.165) is 6.08 Å². The van der Waals surface area contributed by atoms with E-state index >= 15 is 0 Å². The van der Waals surface area contributed by atoms with Crippen molar-refractivity contribution >= 4 is 25.9 Å². The zero-order chi connectivity index (χ0) is 11.1. The average molecular weight is 218 g/mol. The van der Waals surface area contributed by atoms with Gasteiger partial charge in [-0.3, -0.25) is 9.36 Å². The van der Waals surface area contributed by atoms with Gasteiger partial charge in [0, 0.05) is 12.2 Å². The van der Waals surface area contributed by atoms with Gasteiger partial charge >= 0.3 is 11.9 Å². The monoisotopic (exact) mass is 218 g/mol. The van der Waals surface area contributed by atoms with E-state index in [1.807, 2.05) is 0 Å². The molecule has 7 heteroatoms. The van der Waals surface area contributed by atoms with Crippen LogP contribution in [-0.4, -0.2) is 28.7 Å². The fraction of sp³-hybridized carbons (Fsp3) is 0.286. The summed E-state index contributed by atoms with van der Waals surface area (Å²) in [6.45, 7) is 1.17. The molecule has 6 nitrogen and oxygen atoms in total. The molecule has 0 radical (unpaired) electrons. The Morgan fingerprint density at radius 1 is 1.36 bits per heavy atom. The summed E-state index contributed by atoms with van der Waals surface area (Å²) in [6.07, 6.45) is 0.171. The number of carbonyl (C=O) groups is 3. The van der Waals surface area contributed by atoms with Gasteiger partial charge in [0.25, 0.3) is 0 Å². The van der Waals surface area contributed by atoms with Crippen LogP contribution in [0.25, 0.3) is 0 Å². The molecule has 0 fully saturated rings. The first-order valence-electron chi connectivity index (χ1n) is 3.46. The Morgan fingerprint density at radius 2 is 1.93 bits per heavy atom. The number of hydrogen-bond donors (Lipinski definition) is 1. The highest BCUT2D eigenvalue weighted by Crippen LogP contribution is 1.97. The normalized spacial score (nSPS) is 12.6. The summed E-state index contributed by atoms with van der Waals surface area (Å²) in [6, 6.07) is 0. The summed E-state index contributed by atoms with van der Waals surface area (Å²) in [5, 5.41) is 8.33. The molecule has 0 amide bonds. The fourth-order valence-corrected chi connectivity index (χ4v) is 0.569. The molecule has 1 N–H and O–H groups in total. The number of esters is 1. The standard InChI is InChI=1S/C7H7O6P/c1-4(7(10)11)13-5(8)2-3-6(9)14-12/h2-4H,1H3,(H,10,11)/b3-2+/t4-/m0/s1. The second-order valence-electron chi connectivity index (χ2n) is 2.18. The third-order valence-electron chi connectivity index (χ3n) is 1.09. The van der Waals surface area contributed by atoms with Gasteiger partial charge in [-0.15, -0.1) is 0 Å². The van der Waals surface area contributed by atoms with Gasteiger partial charge in [-0.25, -0.2) is 9.59 Å². The molecule has 0 aliphatic heterocycles. The third kappa shape index (κ3) is 5.16. The topological polar surface area (TPSA) is 97.7 Å². The Labute approximate surface area is 80.8 Å². The van der Waals surface area contributed by atoms with E-state index in [2.05, 4.69) is 4.74 Å². The maximum atomic E-state index is 10.7. The molecule has 0 saturated carbocycles. The molecule has 0 heterocycles. The molecule has 1 atom stereocenters. The first kappa shape index (κ1) is 12.4. The zero-order valence-corrected chi connectivity index (χ0v) is 8.06. The minimum atomic E-state index is -1.29. The Balaban J connectivity index is 4.11. The lowest BCUT2D eigenvalue weighted by molar-refractivity contribution is -0.159. The van der Waals surface area contributed by atoms with E-state index < -0.39 is 32.0 Å². The van der Waals surface area contributed by atoms with E-state index in [-0.39, 0.29) is 0 Å².